The van der Waals surface area contributed by atoms with E-state index in [0.29, 0.717) is 36.1 Å². The van der Waals surface area contributed by atoms with Crippen LogP contribution in [0.1, 0.15) is 87.1 Å². The van der Waals surface area contributed by atoms with Crippen molar-refractivity contribution in [2.75, 3.05) is 11.9 Å². The van der Waals surface area contributed by atoms with Gasteiger partial charge in [-0.05, 0) is 128 Å². The van der Waals surface area contributed by atoms with E-state index in [1.54, 1.807) is 24.3 Å². The zero-order valence-corrected chi connectivity index (χ0v) is 25.2. The molecule has 2 aromatic carbocycles. The second-order valence-corrected chi connectivity index (χ2v) is 13.4. The van der Waals surface area contributed by atoms with Crippen molar-refractivity contribution in [2.24, 2.45) is 11.8 Å². The summed E-state index contributed by atoms with van der Waals surface area (Å²) < 4.78 is 20.8. The number of hydrogen-bond acceptors (Lipinski definition) is 4. The fourth-order valence-electron chi connectivity index (χ4n) is 8.10. The van der Waals surface area contributed by atoms with Crippen LogP contribution in [0, 0.1) is 17.7 Å². The lowest BCUT2D eigenvalue weighted by Crippen LogP contribution is -2.53. The van der Waals surface area contributed by atoms with Gasteiger partial charge in [0.15, 0.2) is 0 Å². The van der Waals surface area contributed by atoms with Gasteiger partial charge in [-0.2, -0.15) is 0 Å². The lowest BCUT2D eigenvalue weighted by Gasteiger charge is -2.47. The quantitative estimate of drug-likeness (QED) is 0.276. The maximum absolute atomic E-state index is 14.4. The molecule has 1 aromatic heterocycles. The smallest absolute Gasteiger partial charge is 0.329 e. The first-order valence-corrected chi connectivity index (χ1v) is 15.7. The van der Waals surface area contributed by atoms with Crippen molar-refractivity contribution in [1.29, 1.82) is 0 Å². The van der Waals surface area contributed by atoms with Crippen molar-refractivity contribution in [2.45, 2.75) is 88.5 Å². The van der Waals surface area contributed by atoms with E-state index in [1.807, 2.05) is 30.5 Å². The number of pyridine rings is 1. The number of benzene rings is 2. The van der Waals surface area contributed by atoms with Crippen LogP contribution in [0.5, 0.6) is 5.75 Å². The number of rotatable bonds is 8. The minimum absolute atomic E-state index is 0.184. The van der Waals surface area contributed by atoms with E-state index in [9.17, 15) is 14.3 Å². The second-order valence-electron chi connectivity index (χ2n) is 13.0. The SMILES string of the molecule is C[C@@H](COc1ccnc2c1[C@H](C)CCC2)C[C@@H]1Cc2cc(F)ccc2C12CCC(Nc1cccc(Cl)c1)(C(=O)O)CC2. The number of halogens is 2. The summed E-state index contributed by atoms with van der Waals surface area (Å²) in [7, 11) is 0. The van der Waals surface area contributed by atoms with Crippen LogP contribution >= 0.6 is 11.6 Å². The molecule has 5 nitrogen and oxygen atoms in total. The van der Waals surface area contributed by atoms with Crippen molar-refractivity contribution < 1.29 is 19.0 Å². The summed E-state index contributed by atoms with van der Waals surface area (Å²) in [5.74, 6) is 0.924. The van der Waals surface area contributed by atoms with E-state index >= 15 is 0 Å². The number of hydrogen-bond donors (Lipinski definition) is 2. The number of carbonyl (C=O) groups is 1. The summed E-state index contributed by atoms with van der Waals surface area (Å²) in [4.78, 5) is 17.3. The Morgan fingerprint density at radius 1 is 1.19 bits per heavy atom. The van der Waals surface area contributed by atoms with Gasteiger partial charge in [-0.25, -0.2) is 9.18 Å². The van der Waals surface area contributed by atoms with Crippen molar-refractivity contribution >= 4 is 23.3 Å². The van der Waals surface area contributed by atoms with E-state index < -0.39 is 11.5 Å². The summed E-state index contributed by atoms with van der Waals surface area (Å²) in [5.41, 5.74) is 4.15. The van der Waals surface area contributed by atoms with E-state index in [4.69, 9.17) is 16.3 Å². The molecule has 0 radical (unpaired) electrons. The number of anilines is 1. The Bertz CT molecular complexity index is 1470. The molecule has 6 rings (SSSR count). The molecule has 1 saturated carbocycles. The Hall–Kier alpha value is -3.12. The van der Waals surface area contributed by atoms with E-state index in [-0.39, 0.29) is 23.1 Å². The van der Waals surface area contributed by atoms with E-state index in [1.165, 1.54) is 23.2 Å². The maximum atomic E-state index is 14.4. The molecule has 1 spiro atoms. The van der Waals surface area contributed by atoms with Crippen LogP contribution in [-0.4, -0.2) is 28.2 Å². The highest BCUT2D eigenvalue weighted by Gasteiger charge is 2.54. The Labute approximate surface area is 252 Å². The molecule has 0 bridgehead atoms. The van der Waals surface area contributed by atoms with Gasteiger partial charge in [0.2, 0.25) is 0 Å². The molecular weight excluding hydrogens is 551 g/mol. The van der Waals surface area contributed by atoms with Gasteiger partial charge in [0.1, 0.15) is 17.1 Å². The molecule has 7 heteroatoms. The molecule has 0 amide bonds. The highest BCUT2D eigenvalue weighted by molar-refractivity contribution is 6.30. The van der Waals surface area contributed by atoms with Crippen LogP contribution in [0.4, 0.5) is 10.1 Å². The topological polar surface area (TPSA) is 71.5 Å². The standard InChI is InChI=1S/C35H40ClFN2O3/c1-22(21-42-31-11-16-38-30-8-3-5-23(2)32(30)31)17-25-18-24-19-27(37)9-10-29(24)34(25)12-14-35(15-13-34,33(40)41)39-28-7-4-6-26(36)20-28/h4,6-7,9-11,16,19-20,22-23,25,39H,3,5,8,12-15,17-18,21H2,1-2H3,(H,40,41)/t22-,23-,25-,34?,35?/m1/s1. The van der Waals surface area contributed by atoms with Gasteiger partial charge < -0.3 is 15.2 Å². The number of nitrogens with one attached hydrogen (secondary N) is 1. The van der Waals surface area contributed by atoms with Gasteiger partial charge in [-0.1, -0.05) is 37.6 Å². The van der Waals surface area contributed by atoms with Crippen LogP contribution in [0.25, 0.3) is 0 Å². The van der Waals surface area contributed by atoms with Crippen molar-refractivity contribution in [1.82, 2.24) is 4.98 Å². The molecule has 3 aromatic rings. The Morgan fingerprint density at radius 3 is 2.76 bits per heavy atom. The van der Waals surface area contributed by atoms with Crippen LogP contribution in [0.15, 0.2) is 54.7 Å². The van der Waals surface area contributed by atoms with Crippen molar-refractivity contribution in [3.8, 4) is 5.75 Å². The minimum Gasteiger partial charge on any atom is -0.493 e. The molecule has 0 aliphatic heterocycles. The minimum atomic E-state index is -1.07. The van der Waals surface area contributed by atoms with Gasteiger partial charge in [-0.3, -0.25) is 4.98 Å². The molecule has 0 saturated heterocycles. The second kappa shape index (κ2) is 11.5. The number of fused-ring (bicyclic) bond motifs is 3. The molecular formula is C35H40ClFN2O3. The summed E-state index contributed by atoms with van der Waals surface area (Å²) in [5, 5.41) is 14.3. The molecule has 222 valence electrons. The number of nitrogens with zero attached hydrogens (tertiary/aromatic N) is 1. The monoisotopic (exact) mass is 590 g/mol. The van der Waals surface area contributed by atoms with Gasteiger partial charge in [0, 0.05) is 28.2 Å². The first-order chi connectivity index (χ1) is 20.2. The first kappa shape index (κ1) is 29.0. The van der Waals surface area contributed by atoms with Crippen molar-refractivity contribution in [3.63, 3.8) is 0 Å². The van der Waals surface area contributed by atoms with Gasteiger partial charge in [-0.15, -0.1) is 0 Å². The van der Waals surface area contributed by atoms with Crippen LogP contribution in [0.2, 0.25) is 5.02 Å². The molecule has 3 aliphatic rings. The zero-order chi connectivity index (χ0) is 29.5. The predicted octanol–water partition coefficient (Wildman–Crippen LogP) is 8.34. The van der Waals surface area contributed by atoms with Crippen LogP contribution < -0.4 is 10.1 Å². The largest absolute Gasteiger partial charge is 0.493 e. The average molecular weight is 591 g/mol. The molecule has 1 heterocycles. The fraction of sp³-hybridized carbons (Fsp3) is 0.486. The third-order valence-corrected chi connectivity index (χ3v) is 10.5. The third-order valence-electron chi connectivity index (χ3n) is 10.3. The van der Waals surface area contributed by atoms with Gasteiger partial charge >= 0.3 is 5.97 Å². The number of aromatic nitrogens is 1. The summed E-state index contributed by atoms with van der Waals surface area (Å²) in [6.45, 7) is 5.10. The summed E-state index contributed by atoms with van der Waals surface area (Å²) >= 11 is 6.20. The predicted molar refractivity (Wildman–Crippen MR) is 164 cm³/mol. The number of carboxylic acids is 1. The van der Waals surface area contributed by atoms with Gasteiger partial charge in [0.05, 0.1) is 6.61 Å². The number of carboxylic acid groups (broad SMARTS) is 1. The summed E-state index contributed by atoms with van der Waals surface area (Å²) in [6, 6.07) is 14.4. The molecule has 42 heavy (non-hydrogen) atoms. The molecule has 1 fully saturated rings. The highest BCUT2D eigenvalue weighted by atomic mass is 35.5. The zero-order valence-electron chi connectivity index (χ0n) is 24.5. The van der Waals surface area contributed by atoms with E-state index in [2.05, 4.69) is 24.1 Å². The Kier molecular flexibility index (Phi) is 7.95. The van der Waals surface area contributed by atoms with Crippen molar-refractivity contribution in [3.05, 3.63) is 88.0 Å². The van der Waals surface area contributed by atoms with Gasteiger partial charge in [0.25, 0.3) is 0 Å². The number of aliphatic carboxylic acids is 1. The van der Waals surface area contributed by atoms with E-state index in [0.717, 1.165) is 49.8 Å². The molecule has 3 aliphatic carbocycles. The lowest BCUT2D eigenvalue weighted by molar-refractivity contribution is -0.144. The first-order valence-electron chi connectivity index (χ1n) is 15.4. The Morgan fingerprint density at radius 2 is 2.00 bits per heavy atom. The number of ether oxygens (including phenoxy) is 1. The Balaban J connectivity index is 1.21. The average Bonchev–Trinajstić information content (AvgIpc) is 3.24. The van der Waals surface area contributed by atoms with Crippen LogP contribution in [-0.2, 0) is 23.1 Å². The molecule has 2 N–H and O–H groups in total. The fourth-order valence-corrected chi connectivity index (χ4v) is 8.29. The lowest BCUT2D eigenvalue weighted by atomic mass is 9.59. The summed E-state index contributed by atoms with van der Waals surface area (Å²) in [6.07, 6.45) is 9.35. The third kappa shape index (κ3) is 5.39. The molecule has 0 unspecified atom stereocenters. The molecule has 3 atom stereocenters. The maximum Gasteiger partial charge on any atom is 0.329 e. The highest BCUT2D eigenvalue weighted by Crippen LogP contribution is 2.56. The number of aryl methyl sites for hydroxylation is 1. The van der Waals surface area contributed by atoms with Crippen LogP contribution in [0.3, 0.4) is 0 Å². The normalized spacial score (nSPS) is 27.2.